The largest absolute Gasteiger partial charge is 0.465 e. The van der Waals surface area contributed by atoms with Crippen molar-refractivity contribution in [1.29, 1.82) is 5.26 Å². The van der Waals surface area contributed by atoms with E-state index in [0.29, 0.717) is 12.8 Å². The Kier molecular flexibility index (Phi) is 5.81. The van der Waals surface area contributed by atoms with Crippen LogP contribution in [0.15, 0.2) is 0 Å². The number of esters is 2. The molecule has 5 nitrogen and oxygen atoms in total. The fraction of sp³-hybridized carbons (Fsp3) is 0.786. The maximum atomic E-state index is 12.0. The Bertz CT molecular complexity index is 348. The molecule has 0 unspecified atom stereocenters. The summed E-state index contributed by atoms with van der Waals surface area (Å²) in [7, 11) is 0. The van der Waals surface area contributed by atoms with Gasteiger partial charge in [0.15, 0.2) is 5.92 Å². The molecule has 0 spiro atoms. The van der Waals surface area contributed by atoms with Gasteiger partial charge in [-0.05, 0) is 26.7 Å². The van der Waals surface area contributed by atoms with Crippen molar-refractivity contribution >= 4 is 11.9 Å². The molecule has 106 valence electrons. The van der Waals surface area contributed by atoms with E-state index in [2.05, 4.69) is 6.07 Å². The molecule has 0 amide bonds. The van der Waals surface area contributed by atoms with Crippen LogP contribution in [0.5, 0.6) is 0 Å². The van der Waals surface area contributed by atoms with Gasteiger partial charge in [-0.3, -0.25) is 9.59 Å². The molecule has 1 aliphatic rings. The van der Waals surface area contributed by atoms with Crippen LogP contribution < -0.4 is 0 Å². The van der Waals surface area contributed by atoms with E-state index >= 15 is 0 Å². The SMILES string of the molecule is CCOC(=O)C(C(=O)OCC)C1(C#N)CCCCC1. The van der Waals surface area contributed by atoms with E-state index in [-0.39, 0.29) is 13.2 Å². The highest BCUT2D eigenvalue weighted by Crippen LogP contribution is 2.43. The third-order valence-corrected chi connectivity index (χ3v) is 3.57. The molecule has 0 aliphatic heterocycles. The number of carbonyl (C=O) groups excluding carboxylic acids is 2. The second-order valence-electron chi connectivity index (χ2n) is 4.77. The summed E-state index contributed by atoms with van der Waals surface area (Å²) < 4.78 is 9.92. The number of carbonyl (C=O) groups is 2. The smallest absolute Gasteiger partial charge is 0.321 e. The van der Waals surface area contributed by atoms with Crippen molar-refractivity contribution < 1.29 is 19.1 Å². The lowest BCUT2D eigenvalue weighted by atomic mass is 9.66. The average Bonchev–Trinajstić information content (AvgIpc) is 2.40. The van der Waals surface area contributed by atoms with E-state index in [1.165, 1.54) is 0 Å². The minimum atomic E-state index is -1.11. The van der Waals surface area contributed by atoms with Gasteiger partial charge in [-0.15, -0.1) is 0 Å². The Labute approximate surface area is 113 Å². The second kappa shape index (κ2) is 7.13. The molecule has 0 aromatic heterocycles. The van der Waals surface area contributed by atoms with Gasteiger partial charge in [-0.25, -0.2) is 0 Å². The maximum absolute atomic E-state index is 12.0. The van der Waals surface area contributed by atoms with Crippen LogP contribution in [0.2, 0.25) is 0 Å². The van der Waals surface area contributed by atoms with Gasteiger partial charge in [-0.2, -0.15) is 5.26 Å². The Balaban J connectivity index is 3.02. The van der Waals surface area contributed by atoms with Crippen molar-refractivity contribution in [2.24, 2.45) is 11.3 Å². The molecule has 1 aliphatic carbocycles. The number of hydrogen-bond acceptors (Lipinski definition) is 5. The molecule has 0 radical (unpaired) electrons. The first-order valence-electron chi connectivity index (χ1n) is 6.85. The predicted molar refractivity (Wildman–Crippen MR) is 67.9 cm³/mol. The van der Waals surface area contributed by atoms with Crippen molar-refractivity contribution in [3.05, 3.63) is 0 Å². The minimum Gasteiger partial charge on any atom is -0.465 e. The summed E-state index contributed by atoms with van der Waals surface area (Å²) in [4.78, 5) is 24.1. The van der Waals surface area contributed by atoms with Gasteiger partial charge in [-0.1, -0.05) is 19.3 Å². The number of nitriles is 1. The molecule has 1 saturated carbocycles. The maximum Gasteiger partial charge on any atom is 0.321 e. The third kappa shape index (κ3) is 3.46. The zero-order chi connectivity index (χ0) is 14.3. The number of hydrogen-bond donors (Lipinski definition) is 0. The molecule has 0 aromatic carbocycles. The molecule has 5 heteroatoms. The number of ether oxygens (including phenoxy) is 2. The Morgan fingerprint density at radius 1 is 1.11 bits per heavy atom. The predicted octanol–water partition coefficient (Wildman–Crippen LogP) is 2.20. The fourth-order valence-corrected chi connectivity index (χ4v) is 2.65. The van der Waals surface area contributed by atoms with Crippen molar-refractivity contribution in [2.75, 3.05) is 13.2 Å². The van der Waals surface area contributed by atoms with Crippen molar-refractivity contribution in [3.63, 3.8) is 0 Å². The van der Waals surface area contributed by atoms with Gasteiger partial charge in [0.2, 0.25) is 0 Å². The molecule has 0 N–H and O–H groups in total. The quantitative estimate of drug-likeness (QED) is 0.563. The lowest BCUT2D eigenvalue weighted by Crippen LogP contribution is -2.43. The monoisotopic (exact) mass is 267 g/mol. The molecule has 0 atom stereocenters. The molecule has 0 bridgehead atoms. The van der Waals surface area contributed by atoms with Crippen molar-refractivity contribution in [3.8, 4) is 6.07 Å². The van der Waals surface area contributed by atoms with Gasteiger partial charge < -0.3 is 9.47 Å². The van der Waals surface area contributed by atoms with E-state index < -0.39 is 23.3 Å². The van der Waals surface area contributed by atoms with Crippen LogP contribution in [0.1, 0.15) is 46.0 Å². The lowest BCUT2D eigenvalue weighted by molar-refractivity contribution is -0.167. The van der Waals surface area contributed by atoms with Crippen LogP contribution >= 0.6 is 0 Å². The van der Waals surface area contributed by atoms with Gasteiger partial charge in [0.1, 0.15) is 0 Å². The molecular formula is C14H21NO4. The van der Waals surface area contributed by atoms with Crippen LogP contribution in [0.25, 0.3) is 0 Å². The molecule has 1 fully saturated rings. The summed E-state index contributed by atoms with van der Waals surface area (Å²) in [5, 5.41) is 9.48. The standard InChI is InChI=1S/C14H21NO4/c1-3-18-12(16)11(13(17)19-4-2)14(10-15)8-6-5-7-9-14/h11H,3-9H2,1-2H3. The molecule has 1 rings (SSSR count). The van der Waals surface area contributed by atoms with Crippen LogP contribution in [0.3, 0.4) is 0 Å². The summed E-state index contributed by atoms with van der Waals surface area (Å²) >= 11 is 0. The Hall–Kier alpha value is -1.57. The summed E-state index contributed by atoms with van der Waals surface area (Å²) in [5.41, 5.74) is -0.962. The minimum absolute atomic E-state index is 0.191. The first-order valence-corrected chi connectivity index (χ1v) is 6.85. The van der Waals surface area contributed by atoms with Gasteiger partial charge >= 0.3 is 11.9 Å². The molecule has 0 heterocycles. The Morgan fingerprint density at radius 3 is 1.95 bits per heavy atom. The van der Waals surface area contributed by atoms with Crippen LogP contribution in [0.4, 0.5) is 0 Å². The summed E-state index contributed by atoms with van der Waals surface area (Å²) in [6.07, 6.45) is 3.82. The van der Waals surface area contributed by atoms with E-state index in [0.717, 1.165) is 19.3 Å². The normalized spacial score (nSPS) is 17.6. The third-order valence-electron chi connectivity index (χ3n) is 3.57. The van der Waals surface area contributed by atoms with Gasteiger partial charge in [0.05, 0.1) is 24.7 Å². The number of nitrogens with zero attached hydrogens (tertiary/aromatic N) is 1. The zero-order valence-electron chi connectivity index (χ0n) is 11.6. The van der Waals surface area contributed by atoms with E-state index in [1.807, 2.05) is 0 Å². The second-order valence-corrected chi connectivity index (χ2v) is 4.77. The van der Waals surface area contributed by atoms with Crippen LogP contribution in [-0.2, 0) is 19.1 Å². The zero-order valence-corrected chi connectivity index (χ0v) is 11.6. The van der Waals surface area contributed by atoms with Crippen LogP contribution in [-0.4, -0.2) is 25.2 Å². The lowest BCUT2D eigenvalue weighted by Gasteiger charge is -2.34. The highest BCUT2D eigenvalue weighted by atomic mass is 16.6. The summed E-state index contributed by atoms with van der Waals surface area (Å²) in [6.45, 7) is 3.74. The summed E-state index contributed by atoms with van der Waals surface area (Å²) in [6, 6.07) is 2.19. The first kappa shape index (κ1) is 15.5. The van der Waals surface area contributed by atoms with E-state index in [1.54, 1.807) is 13.8 Å². The molecule has 19 heavy (non-hydrogen) atoms. The fourth-order valence-electron chi connectivity index (χ4n) is 2.65. The van der Waals surface area contributed by atoms with Crippen LogP contribution in [0, 0.1) is 22.7 Å². The Morgan fingerprint density at radius 2 is 1.58 bits per heavy atom. The van der Waals surface area contributed by atoms with E-state index in [4.69, 9.17) is 9.47 Å². The summed E-state index contributed by atoms with van der Waals surface area (Å²) in [5.74, 6) is -2.38. The average molecular weight is 267 g/mol. The number of rotatable bonds is 5. The van der Waals surface area contributed by atoms with Gasteiger partial charge in [0, 0.05) is 0 Å². The molecule has 0 aromatic rings. The highest BCUT2D eigenvalue weighted by Gasteiger charge is 2.50. The topological polar surface area (TPSA) is 76.4 Å². The van der Waals surface area contributed by atoms with E-state index in [9.17, 15) is 14.9 Å². The highest BCUT2D eigenvalue weighted by molar-refractivity contribution is 5.96. The van der Waals surface area contributed by atoms with Crippen molar-refractivity contribution in [1.82, 2.24) is 0 Å². The van der Waals surface area contributed by atoms with Crippen molar-refractivity contribution in [2.45, 2.75) is 46.0 Å². The molecular weight excluding hydrogens is 246 g/mol. The molecule has 0 saturated heterocycles. The first-order chi connectivity index (χ1) is 9.11. The van der Waals surface area contributed by atoms with Gasteiger partial charge in [0.25, 0.3) is 0 Å².